The smallest absolute Gasteiger partial charge is 0.170 e. The summed E-state index contributed by atoms with van der Waals surface area (Å²) in [6.07, 6.45) is 7.49. The van der Waals surface area contributed by atoms with Crippen LogP contribution >= 0.6 is 0 Å². The Morgan fingerprint density at radius 1 is 0.889 bits per heavy atom. The zero-order valence-corrected chi connectivity index (χ0v) is 11.2. The third kappa shape index (κ3) is 2.72. The minimum Gasteiger partial charge on any atom is -0.389 e. The summed E-state index contributed by atoms with van der Waals surface area (Å²) in [6, 6.07) is 0. The Morgan fingerprint density at radius 2 is 1.50 bits per heavy atom. The Bertz CT molecular complexity index is 273. The molecule has 0 amide bonds. The molecule has 2 aliphatic heterocycles. The lowest BCUT2D eigenvalue weighted by Crippen LogP contribution is -2.51. The topological polar surface area (TPSA) is 41.9 Å². The molecule has 1 aliphatic carbocycles. The maximum Gasteiger partial charge on any atom is 0.170 e. The van der Waals surface area contributed by atoms with Crippen LogP contribution in [0.5, 0.6) is 0 Å². The molecule has 4 nitrogen and oxygen atoms in total. The fourth-order valence-electron chi connectivity index (χ4n) is 3.62. The molecule has 2 heterocycles. The van der Waals surface area contributed by atoms with Gasteiger partial charge in [0.05, 0.1) is 18.8 Å². The van der Waals surface area contributed by atoms with Crippen molar-refractivity contribution in [3.8, 4) is 0 Å². The van der Waals surface area contributed by atoms with Gasteiger partial charge in [0.1, 0.15) is 0 Å². The number of β-amino-alcohol motifs (C(OH)–C–C–N with tert-alkyl or cyclic N) is 1. The van der Waals surface area contributed by atoms with Gasteiger partial charge in [0, 0.05) is 32.5 Å². The molecule has 3 rings (SSSR count). The third-order valence-corrected chi connectivity index (χ3v) is 4.73. The van der Waals surface area contributed by atoms with E-state index in [1.807, 2.05) is 0 Å². The molecule has 18 heavy (non-hydrogen) atoms. The molecule has 1 N–H and O–H groups in total. The maximum atomic E-state index is 10.6. The molecule has 4 heteroatoms. The Labute approximate surface area is 109 Å². The molecule has 0 atom stereocenters. The standard InChI is InChI=1S/C14H25NO3/c16-13(4-2-1-3-5-13)12-15-8-6-14(7-9-15)17-10-11-18-14/h16H,1-12H2. The second kappa shape index (κ2) is 5.08. The molecule has 0 aromatic rings. The minimum atomic E-state index is -0.430. The summed E-state index contributed by atoms with van der Waals surface area (Å²) in [5.41, 5.74) is -0.430. The van der Waals surface area contributed by atoms with Crippen molar-refractivity contribution < 1.29 is 14.6 Å². The van der Waals surface area contributed by atoms with Crippen molar-refractivity contribution in [3.05, 3.63) is 0 Å². The van der Waals surface area contributed by atoms with Gasteiger partial charge in [0.25, 0.3) is 0 Å². The van der Waals surface area contributed by atoms with Gasteiger partial charge in [-0.2, -0.15) is 0 Å². The molecular weight excluding hydrogens is 230 g/mol. The van der Waals surface area contributed by atoms with Gasteiger partial charge in [-0.05, 0) is 12.8 Å². The molecular formula is C14H25NO3. The Kier molecular flexibility index (Phi) is 3.63. The van der Waals surface area contributed by atoms with E-state index >= 15 is 0 Å². The van der Waals surface area contributed by atoms with Crippen LogP contribution in [0.25, 0.3) is 0 Å². The van der Waals surface area contributed by atoms with Crippen molar-refractivity contribution in [3.63, 3.8) is 0 Å². The number of ether oxygens (including phenoxy) is 2. The number of hydrogen-bond donors (Lipinski definition) is 1. The number of nitrogens with zero attached hydrogens (tertiary/aromatic N) is 1. The number of piperidine rings is 1. The molecule has 1 saturated carbocycles. The summed E-state index contributed by atoms with van der Waals surface area (Å²) in [5.74, 6) is -0.286. The summed E-state index contributed by atoms with van der Waals surface area (Å²) in [7, 11) is 0. The van der Waals surface area contributed by atoms with Crippen molar-refractivity contribution in [2.75, 3.05) is 32.8 Å². The van der Waals surface area contributed by atoms with Gasteiger partial charge in [-0.25, -0.2) is 0 Å². The average molecular weight is 255 g/mol. The van der Waals surface area contributed by atoms with Crippen molar-refractivity contribution >= 4 is 0 Å². The second-order valence-electron chi connectivity index (χ2n) is 6.17. The maximum absolute atomic E-state index is 10.6. The first kappa shape index (κ1) is 12.9. The van der Waals surface area contributed by atoms with Crippen LogP contribution in [-0.2, 0) is 9.47 Å². The number of aliphatic hydroxyl groups is 1. The van der Waals surface area contributed by atoms with E-state index in [1.165, 1.54) is 19.3 Å². The molecule has 1 spiro atoms. The molecule has 0 aromatic carbocycles. The molecule has 2 saturated heterocycles. The lowest BCUT2D eigenvalue weighted by atomic mass is 9.84. The van der Waals surface area contributed by atoms with Crippen molar-refractivity contribution in [1.29, 1.82) is 0 Å². The largest absolute Gasteiger partial charge is 0.389 e. The van der Waals surface area contributed by atoms with Crippen LogP contribution in [-0.4, -0.2) is 54.2 Å². The Morgan fingerprint density at radius 3 is 2.11 bits per heavy atom. The molecule has 0 bridgehead atoms. The predicted molar refractivity (Wildman–Crippen MR) is 68.3 cm³/mol. The molecule has 104 valence electrons. The van der Waals surface area contributed by atoms with E-state index in [1.54, 1.807) is 0 Å². The van der Waals surface area contributed by atoms with Crippen molar-refractivity contribution in [1.82, 2.24) is 4.90 Å². The van der Waals surface area contributed by atoms with E-state index < -0.39 is 5.60 Å². The molecule has 3 fully saturated rings. The number of likely N-dealkylation sites (tertiary alicyclic amines) is 1. The minimum absolute atomic E-state index is 0.286. The first-order chi connectivity index (χ1) is 8.70. The summed E-state index contributed by atoms with van der Waals surface area (Å²) in [5, 5.41) is 10.6. The normalized spacial score (nSPS) is 31.8. The van der Waals surface area contributed by atoms with E-state index in [9.17, 15) is 5.11 Å². The highest BCUT2D eigenvalue weighted by Crippen LogP contribution is 2.34. The lowest BCUT2D eigenvalue weighted by molar-refractivity contribution is -0.189. The lowest BCUT2D eigenvalue weighted by Gasteiger charge is -2.42. The van der Waals surface area contributed by atoms with Gasteiger partial charge in [0.2, 0.25) is 0 Å². The van der Waals surface area contributed by atoms with E-state index in [-0.39, 0.29) is 5.79 Å². The zero-order chi connectivity index (χ0) is 12.5. The zero-order valence-electron chi connectivity index (χ0n) is 11.2. The summed E-state index contributed by atoms with van der Waals surface area (Å²) in [4.78, 5) is 2.39. The van der Waals surface area contributed by atoms with Gasteiger partial charge in [-0.1, -0.05) is 19.3 Å². The third-order valence-electron chi connectivity index (χ3n) is 4.73. The van der Waals surface area contributed by atoms with E-state index in [4.69, 9.17) is 9.47 Å². The van der Waals surface area contributed by atoms with Gasteiger partial charge in [-0.3, -0.25) is 0 Å². The van der Waals surface area contributed by atoms with E-state index in [0.29, 0.717) is 0 Å². The molecule has 0 unspecified atom stereocenters. The van der Waals surface area contributed by atoms with Crippen LogP contribution in [0, 0.1) is 0 Å². The van der Waals surface area contributed by atoms with Crippen LogP contribution in [0.2, 0.25) is 0 Å². The Hall–Kier alpha value is -0.160. The summed E-state index contributed by atoms with van der Waals surface area (Å²) < 4.78 is 11.5. The van der Waals surface area contributed by atoms with Crippen LogP contribution in [0.4, 0.5) is 0 Å². The monoisotopic (exact) mass is 255 g/mol. The van der Waals surface area contributed by atoms with Crippen LogP contribution < -0.4 is 0 Å². The average Bonchev–Trinajstić information content (AvgIpc) is 2.82. The van der Waals surface area contributed by atoms with Gasteiger partial charge in [-0.15, -0.1) is 0 Å². The fourth-order valence-corrected chi connectivity index (χ4v) is 3.62. The summed E-state index contributed by atoms with van der Waals surface area (Å²) in [6.45, 7) is 4.29. The molecule has 0 radical (unpaired) electrons. The van der Waals surface area contributed by atoms with Crippen molar-refractivity contribution in [2.24, 2.45) is 0 Å². The van der Waals surface area contributed by atoms with E-state index in [0.717, 1.165) is 58.5 Å². The van der Waals surface area contributed by atoms with Gasteiger partial charge < -0.3 is 19.5 Å². The highest BCUT2D eigenvalue weighted by atomic mass is 16.7. The Balaban J connectivity index is 1.50. The number of hydrogen-bond acceptors (Lipinski definition) is 4. The fraction of sp³-hybridized carbons (Fsp3) is 1.00. The first-order valence-electron chi connectivity index (χ1n) is 7.43. The van der Waals surface area contributed by atoms with E-state index in [2.05, 4.69) is 4.90 Å². The molecule has 0 aromatic heterocycles. The highest BCUT2D eigenvalue weighted by Gasteiger charge is 2.41. The molecule has 3 aliphatic rings. The second-order valence-corrected chi connectivity index (χ2v) is 6.17. The number of rotatable bonds is 2. The first-order valence-corrected chi connectivity index (χ1v) is 7.43. The van der Waals surface area contributed by atoms with Gasteiger partial charge in [0.15, 0.2) is 5.79 Å². The van der Waals surface area contributed by atoms with Crippen molar-refractivity contribution in [2.45, 2.75) is 56.3 Å². The van der Waals surface area contributed by atoms with Gasteiger partial charge >= 0.3 is 0 Å². The SMILES string of the molecule is OC1(CN2CCC3(CC2)OCCO3)CCCCC1. The predicted octanol–water partition coefficient (Wildman–Crippen LogP) is 1.52. The highest BCUT2D eigenvalue weighted by molar-refractivity contribution is 4.89. The quantitative estimate of drug-likeness (QED) is 0.812. The van der Waals surface area contributed by atoms with Crippen LogP contribution in [0.15, 0.2) is 0 Å². The van der Waals surface area contributed by atoms with Crippen LogP contribution in [0.1, 0.15) is 44.9 Å². The van der Waals surface area contributed by atoms with Crippen LogP contribution in [0.3, 0.4) is 0 Å². The summed E-state index contributed by atoms with van der Waals surface area (Å²) >= 11 is 0.